The third-order valence-electron chi connectivity index (χ3n) is 1.89. The molecule has 5 heteroatoms. The molecule has 3 nitrogen and oxygen atoms in total. The largest absolute Gasteiger partial charge is 0.231 e. The first-order valence-corrected chi connectivity index (χ1v) is 6.71. The normalized spacial score (nSPS) is 11.9. The molecule has 15 heavy (non-hydrogen) atoms. The Labute approximate surface area is 95.8 Å². The van der Waals surface area contributed by atoms with Crippen molar-refractivity contribution in [2.24, 2.45) is 0 Å². The molecule has 0 N–H and O–H groups in total. The third kappa shape index (κ3) is 3.81. The van der Waals surface area contributed by atoms with Gasteiger partial charge in [0, 0.05) is 6.54 Å². The minimum absolute atomic E-state index is 0.0443. The second-order valence-corrected chi connectivity index (χ2v) is 5.75. The average Bonchev–Trinajstić information content (AvgIpc) is 2.19. The molecule has 0 saturated heterocycles. The van der Waals surface area contributed by atoms with Crippen LogP contribution < -0.4 is 0 Å². The van der Waals surface area contributed by atoms with Gasteiger partial charge in [-0.15, -0.1) is 3.82 Å². The molecule has 0 amide bonds. The Morgan fingerprint density at radius 3 is 2.40 bits per heavy atom. The van der Waals surface area contributed by atoms with Crippen LogP contribution in [0.25, 0.3) is 0 Å². The van der Waals surface area contributed by atoms with E-state index in [2.05, 4.69) is 0 Å². The van der Waals surface area contributed by atoms with Crippen LogP contribution in [0, 0.1) is 0 Å². The van der Waals surface area contributed by atoms with E-state index in [1.54, 1.807) is 12.1 Å². The van der Waals surface area contributed by atoms with Gasteiger partial charge in [0.2, 0.25) is 10.0 Å². The molecule has 0 radical (unpaired) electrons. The fourth-order valence-electron chi connectivity index (χ4n) is 1.17. The molecule has 0 aromatic heterocycles. The Kier molecular flexibility index (Phi) is 4.57. The van der Waals surface area contributed by atoms with Gasteiger partial charge in [0.1, 0.15) is 0 Å². The predicted octanol–water partition coefficient (Wildman–Crippen LogP) is 2.38. The molecule has 0 unspecified atom stereocenters. The van der Waals surface area contributed by atoms with Gasteiger partial charge in [-0.3, -0.25) is 0 Å². The summed E-state index contributed by atoms with van der Waals surface area (Å²) in [5.74, 6) is -0.0443. The molecule has 1 rings (SSSR count). The van der Waals surface area contributed by atoms with Crippen molar-refractivity contribution in [2.45, 2.75) is 19.1 Å². The molecule has 0 spiro atoms. The molecule has 0 aliphatic carbocycles. The van der Waals surface area contributed by atoms with Crippen LogP contribution >= 0.6 is 11.8 Å². The second kappa shape index (κ2) is 5.49. The van der Waals surface area contributed by atoms with E-state index in [0.717, 1.165) is 9.39 Å². The molecule has 1 aromatic carbocycles. The summed E-state index contributed by atoms with van der Waals surface area (Å²) in [5, 5.41) is 0. The molecule has 1 aromatic rings. The quantitative estimate of drug-likeness (QED) is 0.750. The van der Waals surface area contributed by atoms with Crippen LogP contribution in [0.15, 0.2) is 30.3 Å². The topological polar surface area (TPSA) is 37.4 Å². The van der Waals surface area contributed by atoms with Gasteiger partial charge in [-0.05, 0) is 23.8 Å². The Morgan fingerprint density at radius 2 is 1.87 bits per heavy atom. The minimum Gasteiger partial charge on any atom is -0.211 e. The van der Waals surface area contributed by atoms with E-state index in [9.17, 15) is 8.42 Å². The highest BCUT2D eigenvalue weighted by Gasteiger charge is 2.19. The monoisotopic (exact) mass is 247 g/mol. The van der Waals surface area contributed by atoms with Gasteiger partial charge in [0.25, 0.3) is 0 Å². The van der Waals surface area contributed by atoms with Gasteiger partial charge in [-0.25, -0.2) is 8.42 Å². The van der Waals surface area contributed by atoms with Crippen LogP contribution in [-0.4, -0.2) is 18.8 Å². The van der Waals surface area contributed by atoms with Gasteiger partial charge >= 0.3 is 0 Å². The number of benzene rings is 1. The second-order valence-electron chi connectivity index (χ2n) is 3.25. The Bertz CT molecular complexity index is 391. The van der Waals surface area contributed by atoms with Gasteiger partial charge in [-0.2, -0.15) is 0 Å². The molecule has 0 aliphatic heterocycles. The maximum atomic E-state index is 11.7. The molecule has 0 heterocycles. The van der Waals surface area contributed by atoms with E-state index >= 15 is 0 Å². The van der Waals surface area contributed by atoms with Crippen LogP contribution in [0.5, 0.6) is 0 Å². The van der Waals surface area contributed by atoms with E-state index in [1.807, 2.05) is 25.1 Å². The highest BCUT2D eigenvalue weighted by molar-refractivity contribution is 7.89. The fourth-order valence-corrected chi connectivity index (χ4v) is 2.70. The lowest BCUT2D eigenvalue weighted by atomic mass is 10.2. The summed E-state index contributed by atoms with van der Waals surface area (Å²) in [6, 6.07) is 9.01. The summed E-state index contributed by atoms with van der Waals surface area (Å²) in [5.41, 5.74) is 0.749. The number of hydrogen-bond acceptors (Lipinski definition) is 2. The van der Waals surface area contributed by atoms with Crippen molar-refractivity contribution in [1.29, 1.82) is 0 Å². The minimum atomic E-state index is -3.38. The van der Waals surface area contributed by atoms with Crippen LogP contribution in [0.2, 0.25) is 0 Å². The van der Waals surface area contributed by atoms with Crippen molar-refractivity contribution in [3.8, 4) is 0 Å². The van der Waals surface area contributed by atoms with Gasteiger partial charge in [0.15, 0.2) is 0 Å². The van der Waals surface area contributed by atoms with Crippen molar-refractivity contribution >= 4 is 21.8 Å². The molecule has 84 valence electrons. The summed E-state index contributed by atoms with van der Waals surface area (Å²) in [6.07, 6.45) is 0.706. The van der Waals surface area contributed by atoms with Crippen molar-refractivity contribution in [1.82, 2.24) is 3.82 Å². The number of nitrogens with zero attached hydrogens (tertiary/aromatic N) is 1. The zero-order valence-corrected chi connectivity index (χ0v) is 10.1. The first-order valence-electron chi connectivity index (χ1n) is 4.76. The average molecular weight is 248 g/mol. The predicted molar refractivity (Wildman–Crippen MR) is 61.9 cm³/mol. The standard InChI is InChI=1S/C10H14ClNO2S/c1-2-8-12(11)15(13,14)9-10-6-4-3-5-7-10/h3-7H,2,8-9H2,1H3. The number of sulfonamides is 1. The number of rotatable bonds is 5. The van der Waals surface area contributed by atoms with E-state index in [4.69, 9.17) is 11.8 Å². The maximum Gasteiger partial charge on any atom is 0.231 e. The van der Waals surface area contributed by atoms with Crippen LogP contribution in [0.1, 0.15) is 18.9 Å². The first kappa shape index (κ1) is 12.5. The first-order chi connectivity index (χ1) is 7.06. The zero-order valence-electron chi connectivity index (χ0n) is 8.56. The molecule has 0 atom stereocenters. The lowest BCUT2D eigenvalue weighted by molar-refractivity contribution is 0.533. The van der Waals surface area contributed by atoms with E-state index in [-0.39, 0.29) is 5.75 Å². The highest BCUT2D eigenvalue weighted by Crippen LogP contribution is 2.13. The third-order valence-corrected chi connectivity index (χ3v) is 4.18. The summed E-state index contributed by atoms with van der Waals surface area (Å²) >= 11 is 5.67. The number of hydrogen-bond donors (Lipinski definition) is 0. The Balaban J connectivity index is 2.73. The smallest absolute Gasteiger partial charge is 0.211 e. The van der Waals surface area contributed by atoms with Crippen molar-refractivity contribution in [3.05, 3.63) is 35.9 Å². The maximum absolute atomic E-state index is 11.7. The number of halogens is 1. The summed E-state index contributed by atoms with van der Waals surface area (Å²) < 4.78 is 24.3. The van der Waals surface area contributed by atoms with Gasteiger partial charge < -0.3 is 0 Å². The van der Waals surface area contributed by atoms with Gasteiger partial charge in [0.05, 0.1) is 5.75 Å². The molecular weight excluding hydrogens is 234 g/mol. The molecule has 0 aliphatic rings. The highest BCUT2D eigenvalue weighted by atomic mass is 35.5. The Hall–Kier alpha value is -0.580. The van der Waals surface area contributed by atoms with Crippen LogP contribution in [0.4, 0.5) is 0 Å². The summed E-state index contributed by atoms with van der Waals surface area (Å²) in [4.78, 5) is 0. The zero-order chi connectivity index (χ0) is 11.3. The summed E-state index contributed by atoms with van der Waals surface area (Å²) in [6.45, 7) is 2.23. The fraction of sp³-hybridized carbons (Fsp3) is 0.400. The molecule has 0 fully saturated rings. The SMILES string of the molecule is CCCN(Cl)S(=O)(=O)Cc1ccccc1. The van der Waals surface area contributed by atoms with Gasteiger partial charge in [-0.1, -0.05) is 37.3 Å². The summed E-state index contributed by atoms with van der Waals surface area (Å²) in [7, 11) is -3.38. The molecular formula is C10H14ClNO2S. The lowest BCUT2D eigenvalue weighted by Gasteiger charge is -2.12. The van der Waals surface area contributed by atoms with E-state index < -0.39 is 10.0 Å². The van der Waals surface area contributed by atoms with Crippen molar-refractivity contribution < 1.29 is 8.42 Å². The Morgan fingerprint density at radius 1 is 1.27 bits per heavy atom. The van der Waals surface area contributed by atoms with Crippen LogP contribution in [-0.2, 0) is 15.8 Å². The van der Waals surface area contributed by atoms with Crippen LogP contribution in [0.3, 0.4) is 0 Å². The molecule has 0 bridgehead atoms. The van der Waals surface area contributed by atoms with E-state index in [1.165, 1.54) is 0 Å². The molecule has 0 saturated carbocycles. The van der Waals surface area contributed by atoms with E-state index in [0.29, 0.717) is 13.0 Å². The van der Waals surface area contributed by atoms with Crippen molar-refractivity contribution in [3.63, 3.8) is 0 Å². The lowest BCUT2D eigenvalue weighted by Crippen LogP contribution is -2.24. The van der Waals surface area contributed by atoms with Crippen molar-refractivity contribution in [2.75, 3.05) is 6.54 Å².